The molecule has 0 spiro atoms. The maximum absolute atomic E-state index is 13.3. The Kier molecular flexibility index (Phi) is 5.69. The minimum Gasteiger partial charge on any atom is -0.497 e. The van der Waals surface area contributed by atoms with Gasteiger partial charge in [-0.05, 0) is 48.7 Å². The number of ether oxygens (including phenoxy) is 1. The van der Waals surface area contributed by atoms with E-state index in [0.29, 0.717) is 0 Å². The van der Waals surface area contributed by atoms with Crippen LogP contribution in [0.25, 0.3) is 0 Å². The summed E-state index contributed by atoms with van der Waals surface area (Å²) in [5, 5.41) is 3.39. The molecule has 0 aliphatic carbocycles. The number of hydrogen-bond donors (Lipinski definition) is 1. The number of aromatic nitrogens is 1. The molecule has 1 heterocycles. The van der Waals surface area contributed by atoms with Crippen molar-refractivity contribution >= 4 is 0 Å². The smallest absolute Gasteiger partial charge is 0.141 e. The molecule has 4 heteroatoms. The zero-order chi connectivity index (χ0) is 15.1. The van der Waals surface area contributed by atoms with Gasteiger partial charge in [-0.2, -0.15) is 0 Å². The molecular formula is C17H21FN2O. The Balaban J connectivity index is 2.02. The van der Waals surface area contributed by atoms with Crippen molar-refractivity contribution in [1.82, 2.24) is 10.3 Å². The van der Waals surface area contributed by atoms with Crippen LogP contribution in [0.5, 0.6) is 5.75 Å². The Morgan fingerprint density at radius 3 is 2.62 bits per heavy atom. The molecule has 0 radical (unpaired) electrons. The summed E-state index contributed by atoms with van der Waals surface area (Å²) in [5.74, 6) is 0.566. The zero-order valence-electron chi connectivity index (χ0n) is 12.5. The predicted molar refractivity (Wildman–Crippen MR) is 81.9 cm³/mol. The van der Waals surface area contributed by atoms with E-state index in [-0.39, 0.29) is 11.9 Å². The van der Waals surface area contributed by atoms with Crippen LogP contribution < -0.4 is 10.1 Å². The minimum absolute atomic E-state index is 0.111. The van der Waals surface area contributed by atoms with E-state index in [0.717, 1.165) is 30.7 Å². The third-order valence-corrected chi connectivity index (χ3v) is 3.46. The number of methoxy groups -OCH3 is 1. The molecule has 0 saturated carbocycles. The highest BCUT2D eigenvalue weighted by Gasteiger charge is 2.11. The number of aryl methyl sites for hydroxylation is 1. The minimum atomic E-state index is -0.292. The third-order valence-electron chi connectivity index (χ3n) is 3.46. The topological polar surface area (TPSA) is 34.1 Å². The summed E-state index contributed by atoms with van der Waals surface area (Å²) in [6.45, 7) is 2.89. The van der Waals surface area contributed by atoms with Crippen molar-refractivity contribution in [2.24, 2.45) is 0 Å². The van der Waals surface area contributed by atoms with Gasteiger partial charge in [0.05, 0.1) is 13.3 Å². The molecule has 1 unspecified atom stereocenters. The summed E-state index contributed by atoms with van der Waals surface area (Å²) in [6.07, 6.45) is 4.77. The van der Waals surface area contributed by atoms with Crippen molar-refractivity contribution in [3.8, 4) is 5.75 Å². The van der Waals surface area contributed by atoms with Gasteiger partial charge in [-0.15, -0.1) is 0 Å². The maximum Gasteiger partial charge on any atom is 0.141 e. The van der Waals surface area contributed by atoms with Gasteiger partial charge in [0.15, 0.2) is 0 Å². The fourth-order valence-corrected chi connectivity index (χ4v) is 2.36. The monoisotopic (exact) mass is 288 g/mol. The first kappa shape index (κ1) is 15.4. The fraction of sp³-hybridized carbons (Fsp3) is 0.353. The Hall–Kier alpha value is -1.94. The Labute approximate surface area is 125 Å². The number of benzene rings is 1. The SMILES string of the molecule is CCNC(CCc1ccc(OC)cc1)c1cncc(F)c1. The van der Waals surface area contributed by atoms with Crippen molar-refractivity contribution in [1.29, 1.82) is 0 Å². The van der Waals surface area contributed by atoms with E-state index in [1.165, 1.54) is 11.8 Å². The molecule has 21 heavy (non-hydrogen) atoms. The third kappa shape index (κ3) is 4.53. The van der Waals surface area contributed by atoms with Crippen molar-refractivity contribution < 1.29 is 9.13 Å². The molecule has 3 nitrogen and oxygen atoms in total. The molecule has 0 amide bonds. The predicted octanol–water partition coefficient (Wildman–Crippen LogP) is 3.51. The van der Waals surface area contributed by atoms with E-state index >= 15 is 0 Å². The lowest BCUT2D eigenvalue weighted by Crippen LogP contribution is -2.21. The van der Waals surface area contributed by atoms with E-state index in [4.69, 9.17) is 4.74 Å². The fourth-order valence-electron chi connectivity index (χ4n) is 2.36. The van der Waals surface area contributed by atoms with Crippen LogP contribution in [-0.4, -0.2) is 18.6 Å². The van der Waals surface area contributed by atoms with Crippen molar-refractivity contribution in [3.63, 3.8) is 0 Å². The van der Waals surface area contributed by atoms with Crippen molar-refractivity contribution in [2.45, 2.75) is 25.8 Å². The zero-order valence-corrected chi connectivity index (χ0v) is 12.5. The van der Waals surface area contributed by atoms with Gasteiger partial charge in [0.25, 0.3) is 0 Å². The van der Waals surface area contributed by atoms with Crippen LogP contribution in [0.1, 0.15) is 30.5 Å². The van der Waals surface area contributed by atoms with E-state index in [1.54, 1.807) is 19.4 Å². The number of rotatable bonds is 7. The highest BCUT2D eigenvalue weighted by molar-refractivity contribution is 5.27. The largest absolute Gasteiger partial charge is 0.497 e. The van der Waals surface area contributed by atoms with Gasteiger partial charge >= 0.3 is 0 Å². The lowest BCUT2D eigenvalue weighted by Gasteiger charge is -2.18. The summed E-state index contributed by atoms with van der Waals surface area (Å²) in [5.41, 5.74) is 2.13. The molecule has 0 fully saturated rings. The van der Waals surface area contributed by atoms with Crippen LogP contribution >= 0.6 is 0 Å². The van der Waals surface area contributed by atoms with Gasteiger partial charge in [0.1, 0.15) is 11.6 Å². The number of nitrogens with one attached hydrogen (secondary N) is 1. The average Bonchev–Trinajstić information content (AvgIpc) is 2.52. The number of nitrogens with zero attached hydrogens (tertiary/aromatic N) is 1. The summed E-state index contributed by atoms with van der Waals surface area (Å²) < 4.78 is 18.5. The van der Waals surface area contributed by atoms with Gasteiger partial charge in [0.2, 0.25) is 0 Å². The number of halogens is 1. The molecule has 0 aliphatic heterocycles. The molecule has 1 atom stereocenters. The van der Waals surface area contributed by atoms with E-state index in [1.807, 2.05) is 19.1 Å². The van der Waals surface area contributed by atoms with E-state index < -0.39 is 0 Å². The summed E-state index contributed by atoms with van der Waals surface area (Å²) in [7, 11) is 1.66. The van der Waals surface area contributed by atoms with Gasteiger partial charge in [-0.3, -0.25) is 4.98 Å². The normalized spacial score (nSPS) is 12.1. The molecular weight excluding hydrogens is 267 g/mol. The van der Waals surface area contributed by atoms with Gasteiger partial charge in [-0.25, -0.2) is 4.39 Å². The molecule has 1 aromatic heterocycles. The Morgan fingerprint density at radius 2 is 2.00 bits per heavy atom. The first-order valence-corrected chi connectivity index (χ1v) is 7.19. The van der Waals surface area contributed by atoms with Crippen LogP contribution in [0.3, 0.4) is 0 Å². The van der Waals surface area contributed by atoms with Gasteiger partial charge < -0.3 is 10.1 Å². The van der Waals surface area contributed by atoms with E-state index in [2.05, 4.69) is 22.4 Å². The average molecular weight is 288 g/mol. The van der Waals surface area contributed by atoms with Gasteiger partial charge in [-0.1, -0.05) is 19.1 Å². The summed E-state index contributed by atoms with van der Waals surface area (Å²) in [6, 6.07) is 9.70. The van der Waals surface area contributed by atoms with Gasteiger partial charge in [0, 0.05) is 12.2 Å². The van der Waals surface area contributed by atoms with Crippen LogP contribution in [0.2, 0.25) is 0 Å². The maximum atomic E-state index is 13.3. The standard InChI is InChI=1S/C17H21FN2O/c1-3-20-17(14-10-15(18)12-19-11-14)9-6-13-4-7-16(21-2)8-5-13/h4-5,7-8,10-12,17,20H,3,6,9H2,1-2H3. The molecule has 1 aromatic carbocycles. The second-order valence-corrected chi connectivity index (χ2v) is 4.93. The van der Waals surface area contributed by atoms with E-state index in [9.17, 15) is 4.39 Å². The molecule has 0 bridgehead atoms. The molecule has 0 aliphatic rings. The molecule has 1 N–H and O–H groups in total. The Morgan fingerprint density at radius 1 is 1.24 bits per heavy atom. The summed E-state index contributed by atoms with van der Waals surface area (Å²) >= 11 is 0. The first-order chi connectivity index (χ1) is 10.2. The number of pyridine rings is 1. The van der Waals surface area contributed by atoms with Crippen LogP contribution in [-0.2, 0) is 6.42 Å². The lowest BCUT2D eigenvalue weighted by atomic mass is 10.00. The molecule has 0 saturated heterocycles. The second kappa shape index (κ2) is 7.74. The van der Waals surface area contributed by atoms with Crippen LogP contribution in [0.4, 0.5) is 4.39 Å². The van der Waals surface area contributed by atoms with Crippen molar-refractivity contribution in [3.05, 3.63) is 59.7 Å². The molecule has 2 aromatic rings. The first-order valence-electron chi connectivity index (χ1n) is 7.19. The molecule has 112 valence electrons. The Bertz CT molecular complexity index is 557. The highest BCUT2D eigenvalue weighted by atomic mass is 19.1. The highest BCUT2D eigenvalue weighted by Crippen LogP contribution is 2.20. The lowest BCUT2D eigenvalue weighted by molar-refractivity contribution is 0.414. The quantitative estimate of drug-likeness (QED) is 0.846. The second-order valence-electron chi connectivity index (χ2n) is 4.93. The van der Waals surface area contributed by atoms with Crippen LogP contribution in [0.15, 0.2) is 42.7 Å². The van der Waals surface area contributed by atoms with Crippen molar-refractivity contribution in [2.75, 3.05) is 13.7 Å². The number of hydrogen-bond acceptors (Lipinski definition) is 3. The summed E-state index contributed by atoms with van der Waals surface area (Å²) in [4.78, 5) is 3.93. The van der Waals surface area contributed by atoms with Crippen LogP contribution in [0, 0.1) is 5.82 Å². The molecule has 2 rings (SSSR count).